The van der Waals surface area contributed by atoms with Crippen molar-refractivity contribution in [2.24, 2.45) is 0 Å². The highest BCUT2D eigenvalue weighted by Gasteiger charge is 2.39. The first-order chi connectivity index (χ1) is 9.07. The lowest BCUT2D eigenvalue weighted by Gasteiger charge is -2.25. The standard InChI is InChI=1S/C13H22O5Si/c1-10-7-8-11(13(15-3)12(10)14-2)9-19(16-4,17-5)18-6/h7-8H,9H2,1-6H3. The van der Waals surface area contributed by atoms with E-state index in [4.69, 9.17) is 22.8 Å². The maximum absolute atomic E-state index is 5.46. The van der Waals surface area contributed by atoms with E-state index in [0.29, 0.717) is 11.8 Å². The average Bonchev–Trinajstić information content (AvgIpc) is 2.45. The molecule has 0 heterocycles. The molecule has 0 aliphatic heterocycles. The van der Waals surface area contributed by atoms with Gasteiger partial charge in [-0.3, -0.25) is 0 Å². The minimum Gasteiger partial charge on any atom is -0.493 e. The molecule has 0 fully saturated rings. The fraction of sp³-hybridized carbons (Fsp3) is 0.538. The summed E-state index contributed by atoms with van der Waals surface area (Å²) in [6.07, 6.45) is 0. The maximum Gasteiger partial charge on any atom is 0.504 e. The number of ether oxygens (including phenoxy) is 2. The summed E-state index contributed by atoms with van der Waals surface area (Å²) in [5, 5.41) is 0. The molecule has 0 radical (unpaired) electrons. The van der Waals surface area contributed by atoms with Crippen LogP contribution in [0.3, 0.4) is 0 Å². The summed E-state index contributed by atoms with van der Waals surface area (Å²) in [4.78, 5) is 0. The van der Waals surface area contributed by atoms with Gasteiger partial charge in [-0.25, -0.2) is 0 Å². The molecule has 0 N–H and O–H groups in total. The fourth-order valence-corrected chi connectivity index (χ4v) is 3.70. The van der Waals surface area contributed by atoms with Gasteiger partial charge >= 0.3 is 8.80 Å². The summed E-state index contributed by atoms with van der Waals surface area (Å²) in [6.45, 7) is 1.97. The Morgan fingerprint density at radius 2 is 1.37 bits per heavy atom. The van der Waals surface area contributed by atoms with Gasteiger partial charge in [0.1, 0.15) is 0 Å². The first-order valence-electron chi connectivity index (χ1n) is 5.93. The third-order valence-corrected chi connectivity index (χ3v) is 5.82. The van der Waals surface area contributed by atoms with Crippen LogP contribution in [0.25, 0.3) is 0 Å². The van der Waals surface area contributed by atoms with Crippen molar-refractivity contribution in [3.63, 3.8) is 0 Å². The van der Waals surface area contributed by atoms with Gasteiger partial charge in [0.2, 0.25) is 0 Å². The van der Waals surface area contributed by atoms with E-state index in [2.05, 4.69) is 0 Å². The highest BCUT2D eigenvalue weighted by atomic mass is 28.4. The van der Waals surface area contributed by atoms with E-state index in [9.17, 15) is 0 Å². The maximum atomic E-state index is 5.46. The molecule has 1 rings (SSSR count). The van der Waals surface area contributed by atoms with Crippen LogP contribution < -0.4 is 9.47 Å². The van der Waals surface area contributed by atoms with E-state index >= 15 is 0 Å². The van der Waals surface area contributed by atoms with Crippen LogP contribution in [0.4, 0.5) is 0 Å². The van der Waals surface area contributed by atoms with Crippen molar-refractivity contribution in [2.45, 2.75) is 13.0 Å². The molecule has 1 aromatic carbocycles. The van der Waals surface area contributed by atoms with E-state index in [1.54, 1.807) is 35.5 Å². The predicted octanol–water partition coefficient (Wildman–Crippen LogP) is 1.97. The van der Waals surface area contributed by atoms with Gasteiger partial charge in [0, 0.05) is 32.9 Å². The Labute approximate surface area is 115 Å². The van der Waals surface area contributed by atoms with Crippen LogP contribution in [0.15, 0.2) is 12.1 Å². The number of rotatable bonds is 7. The van der Waals surface area contributed by atoms with E-state index in [1.165, 1.54) is 0 Å². The summed E-state index contributed by atoms with van der Waals surface area (Å²) in [6, 6.07) is 4.49. The summed E-state index contributed by atoms with van der Waals surface area (Å²) in [7, 11) is 5.34. The number of benzene rings is 1. The molecule has 0 bridgehead atoms. The molecule has 0 amide bonds. The van der Waals surface area contributed by atoms with Crippen molar-refractivity contribution in [1.29, 1.82) is 0 Å². The van der Waals surface area contributed by atoms with Crippen LogP contribution in [0, 0.1) is 6.92 Å². The van der Waals surface area contributed by atoms with Crippen LogP contribution in [0.1, 0.15) is 11.1 Å². The second-order valence-electron chi connectivity index (χ2n) is 4.08. The lowest BCUT2D eigenvalue weighted by atomic mass is 10.1. The Balaban J connectivity index is 3.20. The monoisotopic (exact) mass is 286 g/mol. The Morgan fingerprint density at radius 3 is 1.79 bits per heavy atom. The van der Waals surface area contributed by atoms with Crippen molar-refractivity contribution in [1.82, 2.24) is 0 Å². The van der Waals surface area contributed by atoms with E-state index in [1.807, 2.05) is 19.1 Å². The topological polar surface area (TPSA) is 46.2 Å². The summed E-state index contributed by atoms with van der Waals surface area (Å²) in [5.41, 5.74) is 1.96. The van der Waals surface area contributed by atoms with E-state index in [-0.39, 0.29) is 0 Å². The smallest absolute Gasteiger partial charge is 0.493 e. The van der Waals surface area contributed by atoms with Crippen LogP contribution >= 0.6 is 0 Å². The van der Waals surface area contributed by atoms with Crippen LogP contribution in [-0.2, 0) is 19.3 Å². The lowest BCUT2D eigenvalue weighted by molar-refractivity contribution is 0.122. The fourth-order valence-electron chi connectivity index (χ4n) is 2.02. The van der Waals surface area contributed by atoms with Crippen molar-refractivity contribution in [3.8, 4) is 11.5 Å². The predicted molar refractivity (Wildman–Crippen MR) is 74.8 cm³/mol. The molecule has 6 heteroatoms. The van der Waals surface area contributed by atoms with Crippen molar-refractivity contribution in [3.05, 3.63) is 23.3 Å². The highest BCUT2D eigenvalue weighted by Crippen LogP contribution is 2.36. The number of hydrogen-bond donors (Lipinski definition) is 0. The molecule has 0 saturated heterocycles. The van der Waals surface area contributed by atoms with Gasteiger partial charge < -0.3 is 22.8 Å². The summed E-state index contributed by atoms with van der Waals surface area (Å²) in [5.74, 6) is 1.43. The largest absolute Gasteiger partial charge is 0.504 e. The van der Waals surface area contributed by atoms with E-state index < -0.39 is 8.80 Å². The third-order valence-electron chi connectivity index (χ3n) is 3.14. The van der Waals surface area contributed by atoms with Crippen molar-refractivity contribution >= 4 is 8.80 Å². The SMILES string of the molecule is COc1c(C)ccc(C[Si](OC)(OC)OC)c1OC. The molecule has 0 aromatic heterocycles. The zero-order chi connectivity index (χ0) is 14.5. The van der Waals surface area contributed by atoms with Gasteiger partial charge in [-0.2, -0.15) is 0 Å². The number of aryl methyl sites for hydroxylation is 1. The summed E-state index contributed by atoms with van der Waals surface area (Å²) >= 11 is 0. The number of methoxy groups -OCH3 is 2. The van der Waals surface area contributed by atoms with Gasteiger partial charge in [-0.15, -0.1) is 0 Å². The highest BCUT2D eigenvalue weighted by molar-refractivity contribution is 6.60. The van der Waals surface area contributed by atoms with Gasteiger partial charge in [-0.1, -0.05) is 12.1 Å². The quantitative estimate of drug-likeness (QED) is 0.717. The second-order valence-corrected chi connectivity index (χ2v) is 7.02. The van der Waals surface area contributed by atoms with Crippen molar-refractivity contribution < 1.29 is 22.8 Å². The number of hydrogen-bond acceptors (Lipinski definition) is 5. The molecule has 0 atom stereocenters. The Hall–Kier alpha value is -1.08. The zero-order valence-electron chi connectivity index (χ0n) is 12.4. The Kier molecular flexibility index (Phi) is 5.80. The Bertz CT molecular complexity index is 409. The minimum atomic E-state index is -2.69. The summed E-state index contributed by atoms with van der Waals surface area (Å²) < 4.78 is 27.2. The molecule has 0 saturated carbocycles. The lowest BCUT2D eigenvalue weighted by Crippen LogP contribution is -2.45. The van der Waals surface area contributed by atoms with E-state index in [0.717, 1.165) is 16.9 Å². The molecular formula is C13H22O5Si. The molecule has 1 aromatic rings. The molecule has 19 heavy (non-hydrogen) atoms. The van der Waals surface area contributed by atoms with Crippen molar-refractivity contribution in [2.75, 3.05) is 35.5 Å². The van der Waals surface area contributed by atoms with Gasteiger partial charge in [0.15, 0.2) is 11.5 Å². The normalized spacial score (nSPS) is 11.5. The van der Waals surface area contributed by atoms with Crippen LogP contribution in [-0.4, -0.2) is 44.4 Å². The first-order valence-corrected chi connectivity index (χ1v) is 7.86. The molecule has 0 aliphatic carbocycles. The average molecular weight is 286 g/mol. The molecular weight excluding hydrogens is 264 g/mol. The molecule has 0 unspecified atom stereocenters. The Morgan fingerprint density at radius 1 is 0.842 bits per heavy atom. The van der Waals surface area contributed by atoms with Crippen LogP contribution in [0.5, 0.6) is 11.5 Å². The van der Waals surface area contributed by atoms with Gasteiger partial charge in [0.05, 0.1) is 14.2 Å². The zero-order valence-corrected chi connectivity index (χ0v) is 13.4. The van der Waals surface area contributed by atoms with Gasteiger partial charge in [-0.05, 0) is 12.5 Å². The third kappa shape index (κ3) is 3.27. The van der Waals surface area contributed by atoms with Crippen LogP contribution in [0.2, 0.25) is 0 Å². The molecule has 0 aliphatic rings. The molecule has 108 valence electrons. The molecule has 0 spiro atoms. The molecule has 5 nitrogen and oxygen atoms in total. The first kappa shape index (κ1) is 16.0. The second kappa shape index (κ2) is 6.90. The minimum absolute atomic E-state index is 0.524. The van der Waals surface area contributed by atoms with Gasteiger partial charge in [0.25, 0.3) is 0 Å².